The number of carbonyl (C=O) groups is 2. The molecule has 9 heteroatoms. The average Bonchev–Trinajstić information content (AvgIpc) is 3.17. The molecule has 2 saturated heterocycles. The molecule has 2 aliphatic rings. The van der Waals surface area contributed by atoms with Crippen molar-refractivity contribution in [3.05, 3.63) is 17.5 Å². The fourth-order valence-corrected chi connectivity index (χ4v) is 4.66. The van der Waals surface area contributed by atoms with E-state index in [2.05, 4.69) is 23.8 Å². The average molecular weight is 412 g/mol. The number of rotatable bonds is 5. The van der Waals surface area contributed by atoms with Gasteiger partial charge in [0, 0.05) is 51.4 Å². The van der Waals surface area contributed by atoms with E-state index in [0.29, 0.717) is 45.6 Å². The van der Waals surface area contributed by atoms with Gasteiger partial charge in [-0.25, -0.2) is 8.78 Å². The van der Waals surface area contributed by atoms with Crippen LogP contribution >= 0.6 is 0 Å². The Kier molecular flexibility index (Phi) is 6.26. The Morgan fingerprint density at radius 3 is 2.69 bits per heavy atom. The Labute approximate surface area is 170 Å². The third-order valence-electron chi connectivity index (χ3n) is 6.21. The summed E-state index contributed by atoms with van der Waals surface area (Å²) in [5, 5.41) is 3.75. The summed E-state index contributed by atoms with van der Waals surface area (Å²) < 4.78 is 33.3. The molecule has 2 fully saturated rings. The van der Waals surface area contributed by atoms with Gasteiger partial charge in [0.1, 0.15) is 5.69 Å². The van der Waals surface area contributed by atoms with Crippen LogP contribution in [0.1, 0.15) is 56.1 Å². The minimum atomic E-state index is -2.82. The molecule has 0 radical (unpaired) electrons. The van der Waals surface area contributed by atoms with Gasteiger partial charge in [-0.3, -0.25) is 19.2 Å². The molecule has 1 aromatic heterocycles. The summed E-state index contributed by atoms with van der Waals surface area (Å²) in [6.07, 6.45) is -0.221. The molecule has 0 saturated carbocycles. The van der Waals surface area contributed by atoms with Crippen molar-refractivity contribution in [2.45, 2.75) is 46.1 Å². The highest BCUT2D eigenvalue weighted by Crippen LogP contribution is 2.44. The Balaban J connectivity index is 1.89. The molecule has 0 aromatic carbocycles. The second-order valence-electron chi connectivity index (χ2n) is 8.35. The quantitative estimate of drug-likeness (QED) is 0.695. The molecule has 0 N–H and O–H groups in total. The lowest BCUT2D eigenvalue weighted by molar-refractivity contribution is -0.157. The van der Waals surface area contributed by atoms with Crippen LogP contribution in [0.2, 0.25) is 0 Å². The maximum atomic E-state index is 13.3. The largest absolute Gasteiger partial charge is 0.466 e. The number of carbonyl (C=O) groups excluding carboxylic acids is 2. The van der Waals surface area contributed by atoms with Crippen molar-refractivity contribution < 1.29 is 23.1 Å². The molecule has 2 aliphatic heterocycles. The molecule has 1 aromatic rings. The molecular weight excluding hydrogens is 382 g/mol. The summed E-state index contributed by atoms with van der Waals surface area (Å²) in [6.45, 7) is 8.31. The van der Waals surface area contributed by atoms with Crippen molar-refractivity contribution >= 4 is 11.9 Å². The summed E-state index contributed by atoms with van der Waals surface area (Å²) in [6, 6.07) is 0.265. The number of esters is 1. The zero-order valence-electron chi connectivity index (χ0n) is 17.5. The zero-order valence-corrected chi connectivity index (χ0v) is 17.5. The van der Waals surface area contributed by atoms with Gasteiger partial charge in [0.2, 0.25) is 0 Å². The van der Waals surface area contributed by atoms with Crippen LogP contribution < -0.4 is 0 Å². The van der Waals surface area contributed by atoms with Crippen molar-refractivity contribution in [2.24, 2.45) is 18.4 Å². The van der Waals surface area contributed by atoms with Gasteiger partial charge < -0.3 is 9.64 Å². The van der Waals surface area contributed by atoms with Crippen LogP contribution in [0.25, 0.3) is 0 Å². The Morgan fingerprint density at radius 1 is 1.34 bits per heavy atom. The highest BCUT2D eigenvalue weighted by Gasteiger charge is 2.54. The van der Waals surface area contributed by atoms with Crippen LogP contribution in [0.4, 0.5) is 8.78 Å². The highest BCUT2D eigenvalue weighted by molar-refractivity contribution is 5.95. The number of alkyl halides is 2. The molecule has 3 heterocycles. The van der Waals surface area contributed by atoms with Gasteiger partial charge in [-0.05, 0) is 33.6 Å². The van der Waals surface area contributed by atoms with Crippen molar-refractivity contribution in [3.63, 3.8) is 0 Å². The Bertz CT molecular complexity index is 767. The molecule has 2 atom stereocenters. The first-order valence-corrected chi connectivity index (χ1v) is 10.2. The van der Waals surface area contributed by atoms with Gasteiger partial charge in [-0.1, -0.05) is 0 Å². The monoisotopic (exact) mass is 412 g/mol. The molecule has 29 heavy (non-hydrogen) atoms. The van der Waals surface area contributed by atoms with Crippen LogP contribution in [0, 0.1) is 11.3 Å². The number of hydrogen-bond acceptors (Lipinski definition) is 5. The third kappa shape index (κ3) is 4.01. The van der Waals surface area contributed by atoms with Crippen LogP contribution in [-0.4, -0.2) is 70.3 Å². The van der Waals surface area contributed by atoms with E-state index in [1.165, 1.54) is 17.9 Å². The molecule has 3 rings (SSSR count). The predicted octanol–water partition coefficient (Wildman–Crippen LogP) is 2.48. The number of fused-ring (bicyclic) bond motifs is 1. The maximum Gasteiger partial charge on any atom is 0.313 e. The number of likely N-dealkylation sites (tertiary alicyclic amines) is 2. The maximum absolute atomic E-state index is 13.3. The summed E-state index contributed by atoms with van der Waals surface area (Å²) >= 11 is 0. The van der Waals surface area contributed by atoms with Crippen molar-refractivity contribution in [1.82, 2.24) is 19.6 Å². The number of ether oxygens (including phenoxy) is 1. The highest BCUT2D eigenvalue weighted by atomic mass is 19.3. The summed E-state index contributed by atoms with van der Waals surface area (Å²) in [4.78, 5) is 29.9. The zero-order chi connectivity index (χ0) is 21.3. The van der Waals surface area contributed by atoms with Gasteiger partial charge >= 0.3 is 5.97 Å². The molecule has 0 spiro atoms. The molecule has 0 unspecified atom stereocenters. The first-order chi connectivity index (χ1) is 13.7. The lowest BCUT2D eigenvalue weighted by Gasteiger charge is -2.31. The molecule has 7 nitrogen and oxygen atoms in total. The van der Waals surface area contributed by atoms with Crippen LogP contribution in [0.15, 0.2) is 6.20 Å². The van der Waals surface area contributed by atoms with Gasteiger partial charge in [-0.2, -0.15) is 5.10 Å². The number of aryl methyl sites for hydroxylation is 1. The minimum absolute atomic E-state index is 0.0650. The van der Waals surface area contributed by atoms with E-state index < -0.39 is 23.4 Å². The van der Waals surface area contributed by atoms with Gasteiger partial charge in [0.05, 0.1) is 17.6 Å². The number of halogens is 2. The first-order valence-electron chi connectivity index (χ1n) is 10.2. The van der Waals surface area contributed by atoms with Crippen molar-refractivity contribution in [2.75, 3.05) is 32.8 Å². The lowest BCUT2D eigenvalue weighted by atomic mass is 9.75. The molecule has 1 amide bonds. The van der Waals surface area contributed by atoms with Crippen LogP contribution in [0.5, 0.6) is 0 Å². The van der Waals surface area contributed by atoms with Crippen molar-refractivity contribution in [3.8, 4) is 0 Å². The minimum Gasteiger partial charge on any atom is -0.466 e. The van der Waals surface area contributed by atoms with Gasteiger partial charge in [0.25, 0.3) is 12.3 Å². The second-order valence-corrected chi connectivity index (χ2v) is 8.35. The normalized spacial score (nSPS) is 25.4. The van der Waals surface area contributed by atoms with E-state index in [-0.39, 0.29) is 23.5 Å². The number of hydrogen-bond donors (Lipinski definition) is 0. The molecule has 162 valence electrons. The van der Waals surface area contributed by atoms with E-state index in [0.717, 1.165) is 0 Å². The van der Waals surface area contributed by atoms with E-state index in [1.807, 2.05) is 0 Å². The predicted molar refractivity (Wildman–Crippen MR) is 103 cm³/mol. The molecule has 0 bridgehead atoms. The number of nitrogens with zero attached hydrogens (tertiary/aromatic N) is 4. The van der Waals surface area contributed by atoms with Gasteiger partial charge in [-0.15, -0.1) is 0 Å². The topological polar surface area (TPSA) is 67.7 Å². The Hall–Kier alpha value is -2.03. The summed E-state index contributed by atoms with van der Waals surface area (Å²) in [5.41, 5.74) is -1.21. The number of amides is 1. The number of aromatic nitrogens is 2. The molecule has 0 aliphatic carbocycles. The molecular formula is C20H30F2N4O3. The van der Waals surface area contributed by atoms with Crippen molar-refractivity contribution in [1.29, 1.82) is 0 Å². The smallest absolute Gasteiger partial charge is 0.313 e. The summed E-state index contributed by atoms with van der Waals surface area (Å²) in [5.74, 6) is -0.754. The van der Waals surface area contributed by atoms with E-state index in [1.54, 1.807) is 11.8 Å². The van der Waals surface area contributed by atoms with E-state index in [9.17, 15) is 18.4 Å². The summed E-state index contributed by atoms with van der Waals surface area (Å²) in [7, 11) is 1.52. The SMILES string of the molecule is CCOC(=O)[C@]12CCCN(C(=O)c3cn(C)nc3C(F)F)C[C@H]1CN(C(C)C)C2. The second kappa shape index (κ2) is 8.38. The standard InChI is InChI=1S/C20H30F2N4O3/c1-5-29-19(28)20-7-6-8-25(9-14(20)10-26(12-20)13(2)3)18(27)15-11-24(4)23-16(15)17(21)22/h11,13-14,17H,5-10,12H2,1-4H3/t14-,20-/m0/s1. The van der Waals surface area contributed by atoms with Crippen LogP contribution in [-0.2, 0) is 16.6 Å². The Morgan fingerprint density at radius 2 is 2.07 bits per heavy atom. The van der Waals surface area contributed by atoms with Gasteiger partial charge in [0.15, 0.2) is 0 Å². The third-order valence-corrected chi connectivity index (χ3v) is 6.21. The van der Waals surface area contributed by atoms with Crippen LogP contribution in [0.3, 0.4) is 0 Å². The fraction of sp³-hybridized carbons (Fsp3) is 0.750. The van der Waals surface area contributed by atoms with E-state index >= 15 is 0 Å². The van der Waals surface area contributed by atoms with E-state index in [4.69, 9.17) is 4.74 Å². The lowest BCUT2D eigenvalue weighted by Crippen LogP contribution is -2.43. The fourth-order valence-electron chi connectivity index (χ4n) is 4.66. The first kappa shape index (κ1) is 21.7.